The zero-order valence-corrected chi connectivity index (χ0v) is 13.4. The molecule has 0 saturated heterocycles. The van der Waals surface area contributed by atoms with Crippen molar-refractivity contribution >= 4 is 22.9 Å². The molecule has 0 fully saturated rings. The zero-order chi connectivity index (χ0) is 13.9. The predicted octanol–water partition coefficient (Wildman–Crippen LogP) is 4.98. The highest BCUT2D eigenvalue weighted by molar-refractivity contribution is 7.10. The quantitative estimate of drug-likeness (QED) is 0.821. The fraction of sp³-hybridized carbons (Fsp3) is 0.412. The van der Waals surface area contributed by atoms with Crippen molar-refractivity contribution in [2.75, 3.05) is 6.54 Å². The number of halogens is 1. The molecular weight excluding hydrogens is 286 g/mol. The molecule has 0 bridgehead atoms. The van der Waals surface area contributed by atoms with Crippen LogP contribution in [0.2, 0.25) is 5.02 Å². The summed E-state index contributed by atoms with van der Waals surface area (Å²) in [5, 5.41) is 6.60. The second kappa shape index (κ2) is 6.30. The van der Waals surface area contributed by atoms with E-state index < -0.39 is 0 Å². The number of hydrogen-bond acceptors (Lipinski definition) is 2. The van der Waals surface area contributed by atoms with Gasteiger partial charge in [-0.1, -0.05) is 36.7 Å². The lowest BCUT2D eigenvalue weighted by atomic mass is 10.00. The molecule has 20 heavy (non-hydrogen) atoms. The van der Waals surface area contributed by atoms with Gasteiger partial charge in [-0.25, -0.2) is 0 Å². The number of hydrogen-bond donors (Lipinski definition) is 1. The van der Waals surface area contributed by atoms with E-state index in [1.807, 2.05) is 6.07 Å². The Morgan fingerprint density at radius 1 is 1.25 bits per heavy atom. The monoisotopic (exact) mass is 305 g/mol. The first-order valence-electron chi connectivity index (χ1n) is 7.37. The number of nitrogens with one attached hydrogen (secondary N) is 1. The summed E-state index contributed by atoms with van der Waals surface area (Å²) in [6.45, 7) is 3.21. The van der Waals surface area contributed by atoms with Gasteiger partial charge in [-0.2, -0.15) is 0 Å². The summed E-state index contributed by atoms with van der Waals surface area (Å²) in [7, 11) is 0. The van der Waals surface area contributed by atoms with Gasteiger partial charge in [-0.05, 0) is 60.4 Å². The van der Waals surface area contributed by atoms with Crippen molar-refractivity contribution in [3.63, 3.8) is 0 Å². The second-order valence-electron chi connectivity index (χ2n) is 5.40. The van der Waals surface area contributed by atoms with Crippen LogP contribution in [-0.4, -0.2) is 6.54 Å². The van der Waals surface area contributed by atoms with Gasteiger partial charge in [0.15, 0.2) is 0 Å². The molecule has 1 aliphatic carbocycles. The maximum Gasteiger partial charge on any atom is 0.0686 e. The van der Waals surface area contributed by atoms with Crippen LogP contribution in [0.15, 0.2) is 29.6 Å². The van der Waals surface area contributed by atoms with Crippen molar-refractivity contribution in [1.82, 2.24) is 5.32 Å². The van der Waals surface area contributed by atoms with Crippen molar-refractivity contribution in [2.24, 2.45) is 0 Å². The zero-order valence-electron chi connectivity index (χ0n) is 11.8. The lowest BCUT2D eigenvalue weighted by Gasteiger charge is -2.19. The van der Waals surface area contributed by atoms with E-state index in [9.17, 15) is 0 Å². The van der Waals surface area contributed by atoms with Gasteiger partial charge in [-0.3, -0.25) is 0 Å². The van der Waals surface area contributed by atoms with Gasteiger partial charge in [0, 0.05) is 4.88 Å². The predicted molar refractivity (Wildman–Crippen MR) is 87.9 cm³/mol. The van der Waals surface area contributed by atoms with Gasteiger partial charge in [0.25, 0.3) is 0 Å². The Labute approximate surface area is 130 Å². The Bertz CT molecular complexity index is 590. The molecule has 0 saturated carbocycles. The highest BCUT2D eigenvalue weighted by Gasteiger charge is 2.20. The average Bonchev–Trinajstić information content (AvgIpc) is 3.08. The van der Waals surface area contributed by atoms with Crippen LogP contribution in [0.1, 0.15) is 47.4 Å². The third-order valence-electron chi connectivity index (χ3n) is 3.96. The van der Waals surface area contributed by atoms with E-state index in [1.165, 1.54) is 40.8 Å². The molecule has 1 aromatic carbocycles. The Balaban J connectivity index is 1.94. The molecule has 3 rings (SSSR count). The molecule has 0 spiro atoms. The number of aryl methyl sites for hydroxylation is 2. The Kier molecular flexibility index (Phi) is 4.45. The van der Waals surface area contributed by atoms with E-state index in [0.29, 0.717) is 0 Å². The minimum Gasteiger partial charge on any atom is -0.306 e. The van der Waals surface area contributed by atoms with Crippen molar-refractivity contribution < 1.29 is 0 Å². The minimum absolute atomic E-state index is 0.230. The van der Waals surface area contributed by atoms with Crippen molar-refractivity contribution in [3.8, 4) is 0 Å². The number of thiophene rings is 1. The maximum atomic E-state index is 6.35. The van der Waals surface area contributed by atoms with Gasteiger partial charge in [0.2, 0.25) is 0 Å². The van der Waals surface area contributed by atoms with Gasteiger partial charge in [0.05, 0.1) is 11.1 Å². The van der Waals surface area contributed by atoms with E-state index in [-0.39, 0.29) is 6.04 Å². The summed E-state index contributed by atoms with van der Waals surface area (Å²) in [4.78, 5) is 1.23. The van der Waals surface area contributed by atoms with Crippen molar-refractivity contribution in [2.45, 2.75) is 38.6 Å². The van der Waals surface area contributed by atoms with Crippen molar-refractivity contribution in [3.05, 3.63) is 56.2 Å². The average molecular weight is 306 g/mol. The lowest BCUT2D eigenvalue weighted by molar-refractivity contribution is 0.605. The number of benzene rings is 1. The molecule has 1 atom stereocenters. The van der Waals surface area contributed by atoms with Gasteiger partial charge in [-0.15, -0.1) is 11.3 Å². The molecular formula is C17H20ClNS. The summed E-state index contributed by atoms with van der Waals surface area (Å²) in [6, 6.07) is 9.18. The highest BCUT2D eigenvalue weighted by atomic mass is 35.5. The first kappa shape index (κ1) is 14.1. The first-order chi connectivity index (χ1) is 9.79. The van der Waals surface area contributed by atoms with Crippen LogP contribution >= 0.6 is 22.9 Å². The molecule has 106 valence electrons. The van der Waals surface area contributed by atoms with Gasteiger partial charge in [0.1, 0.15) is 0 Å². The molecule has 1 heterocycles. The summed E-state index contributed by atoms with van der Waals surface area (Å²) in [5.41, 5.74) is 4.40. The van der Waals surface area contributed by atoms with E-state index in [4.69, 9.17) is 11.6 Å². The van der Waals surface area contributed by atoms with Crippen LogP contribution in [0.4, 0.5) is 0 Å². The lowest BCUT2D eigenvalue weighted by Crippen LogP contribution is -2.22. The van der Waals surface area contributed by atoms with Crippen LogP contribution < -0.4 is 5.32 Å². The molecule has 2 aromatic rings. The topological polar surface area (TPSA) is 12.0 Å². The van der Waals surface area contributed by atoms with Crippen LogP contribution in [0, 0.1) is 0 Å². The summed E-state index contributed by atoms with van der Waals surface area (Å²) >= 11 is 8.09. The van der Waals surface area contributed by atoms with Gasteiger partial charge < -0.3 is 5.32 Å². The number of rotatable bonds is 5. The second-order valence-corrected chi connectivity index (χ2v) is 6.76. The Morgan fingerprint density at radius 3 is 2.85 bits per heavy atom. The van der Waals surface area contributed by atoms with E-state index in [2.05, 4.69) is 35.8 Å². The highest BCUT2D eigenvalue weighted by Crippen LogP contribution is 2.34. The standard InChI is InChI=1S/C17H20ClNS/c1-2-9-19-16(17-15(18)8-10-20-17)14-7-6-12-4-3-5-13(12)11-14/h6-8,10-11,16,19H,2-5,9H2,1H3. The van der Waals surface area contributed by atoms with Gasteiger partial charge >= 0.3 is 0 Å². The summed E-state index contributed by atoms with van der Waals surface area (Å²) in [6.07, 6.45) is 4.89. The molecule has 1 unspecified atom stereocenters. The largest absolute Gasteiger partial charge is 0.306 e. The smallest absolute Gasteiger partial charge is 0.0686 e. The Hall–Kier alpha value is -0.830. The van der Waals surface area contributed by atoms with Crippen LogP contribution in [0.5, 0.6) is 0 Å². The van der Waals surface area contributed by atoms with E-state index in [1.54, 1.807) is 11.3 Å². The molecule has 1 nitrogen and oxygen atoms in total. The molecule has 0 amide bonds. The molecule has 1 aromatic heterocycles. The first-order valence-corrected chi connectivity index (χ1v) is 8.63. The fourth-order valence-electron chi connectivity index (χ4n) is 2.93. The van der Waals surface area contributed by atoms with E-state index in [0.717, 1.165) is 18.0 Å². The molecule has 0 aliphatic heterocycles. The van der Waals surface area contributed by atoms with Crippen molar-refractivity contribution in [1.29, 1.82) is 0 Å². The van der Waals surface area contributed by atoms with E-state index >= 15 is 0 Å². The number of fused-ring (bicyclic) bond motifs is 1. The molecule has 1 N–H and O–H groups in total. The van der Waals surface area contributed by atoms with Crippen LogP contribution in [-0.2, 0) is 12.8 Å². The summed E-state index contributed by atoms with van der Waals surface area (Å²) in [5.74, 6) is 0. The molecule has 1 aliphatic rings. The fourth-order valence-corrected chi connectivity index (χ4v) is 4.20. The minimum atomic E-state index is 0.230. The third-order valence-corrected chi connectivity index (χ3v) is 5.38. The molecule has 0 radical (unpaired) electrons. The summed E-state index contributed by atoms with van der Waals surface area (Å²) < 4.78 is 0. The normalized spacial score (nSPS) is 15.3. The maximum absolute atomic E-state index is 6.35. The third kappa shape index (κ3) is 2.78. The molecule has 3 heteroatoms. The van der Waals surface area contributed by atoms with Crippen LogP contribution in [0.3, 0.4) is 0 Å². The SMILES string of the molecule is CCCNC(c1ccc2c(c1)CCC2)c1sccc1Cl. The Morgan fingerprint density at radius 2 is 2.10 bits per heavy atom. The van der Waals surface area contributed by atoms with Crippen LogP contribution in [0.25, 0.3) is 0 Å².